The number of aliphatic hydroxyl groups is 1. The molecule has 1 fully saturated rings. The molecular weight excluding hydrogens is 386 g/mol. The van der Waals surface area contributed by atoms with Gasteiger partial charge in [-0.3, -0.25) is 4.79 Å². The molecule has 1 saturated heterocycles. The Hall–Kier alpha value is -3.10. The number of rotatable bonds is 7. The number of para-hydroxylation sites is 1. The first kappa shape index (κ1) is 21.6. The molecule has 8 heteroatoms. The number of anilines is 2. The molecule has 3 rings (SSSR count). The fourth-order valence-corrected chi connectivity index (χ4v) is 3.42. The number of hydrogen-bond donors (Lipinski definition) is 4. The number of aliphatic hydroxyl groups excluding tert-OH is 1. The summed E-state index contributed by atoms with van der Waals surface area (Å²) < 4.78 is 11.0. The van der Waals surface area contributed by atoms with E-state index in [1.165, 1.54) is 0 Å². The highest BCUT2D eigenvalue weighted by Crippen LogP contribution is 2.23. The second-order valence-electron chi connectivity index (χ2n) is 7.11. The van der Waals surface area contributed by atoms with Crippen LogP contribution in [-0.4, -0.2) is 49.0 Å². The topological polar surface area (TPSA) is 109 Å². The van der Waals surface area contributed by atoms with Gasteiger partial charge in [0.25, 0.3) is 0 Å². The van der Waals surface area contributed by atoms with Crippen LogP contribution in [0.4, 0.5) is 16.2 Å². The summed E-state index contributed by atoms with van der Waals surface area (Å²) >= 11 is 0. The number of benzene rings is 2. The minimum absolute atomic E-state index is 0.148. The zero-order valence-corrected chi connectivity index (χ0v) is 16.8. The molecule has 0 spiro atoms. The lowest BCUT2D eigenvalue weighted by Gasteiger charge is -2.35. The van der Waals surface area contributed by atoms with E-state index in [9.17, 15) is 14.7 Å². The second-order valence-corrected chi connectivity index (χ2v) is 7.11. The molecule has 3 atom stereocenters. The molecule has 0 saturated carbocycles. The highest BCUT2D eigenvalue weighted by molar-refractivity contribution is 5.91. The van der Waals surface area contributed by atoms with Crippen molar-refractivity contribution < 1.29 is 24.2 Å². The molecule has 8 nitrogen and oxygen atoms in total. The monoisotopic (exact) mass is 413 g/mol. The Labute approximate surface area is 175 Å². The number of carbonyl (C=O) groups is 2. The molecule has 0 aliphatic carbocycles. The number of urea groups is 1. The number of carbonyl (C=O) groups excluding carboxylic acids is 2. The van der Waals surface area contributed by atoms with Gasteiger partial charge in [-0.25, -0.2) is 4.79 Å². The fourth-order valence-electron chi connectivity index (χ4n) is 3.42. The molecule has 30 heavy (non-hydrogen) atoms. The first-order valence-electron chi connectivity index (χ1n) is 9.90. The molecule has 4 N–H and O–H groups in total. The van der Waals surface area contributed by atoms with Gasteiger partial charge in [0.15, 0.2) is 0 Å². The van der Waals surface area contributed by atoms with Gasteiger partial charge in [-0.15, -0.1) is 0 Å². The van der Waals surface area contributed by atoms with Crippen LogP contribution >= 0.6 is 0 Å². The van der Waals surface area contributed by atoms with Crippen LogP contribution in [0.1, 0.15) is 19.3 Å². The summed E-state index contributed by atoms with van der Waals surface area (Å²) in [6, 6.07) is 15.5. The van der Waals surface area contributed by atoms with Gasteiger partial charge in [0, 0.05) is 17.4 Å². The molecule has 0 aromatic heterocycles. The van der Waals surface area contributed by atoms with Crippen LogP contribution in [0.3, 0.4) is 0 Å². The molecule has 0 radical (unpaired) electrons. The van der Waals surface area contributed by atoms with Gasteiger partial charge in [0.2, 0.25) is 5.91 Å². The van der Waals surface area contributed by atoms with Crippen LogP contribution in [0.2, 0.25) is 0 Å². The summed E-state index contributed by atoms with van der Waals surface area (Å²) in [5.41, 5.74) is 1.32. The number of methoxy groups -OCH3 is 1. The fraction of sp³-hybridized carbons (Fsp3) is 0.364. The Kier molecular flexibility index (Phi) is 7.64. The Morgan fingerprint density at radius 3 is 2.57 bits per heavy atom. The second kappa shape index (κ2) is 10.6. The maximum Gasteiger partial charge on any atom is 0.319 e. The SMILES string of the molecule is COc1cccc(NC(=O)N[C@H]2CC[C@H](CC(=O)Nc3ccccc3)O[C@H]2CO)c1. The largest absolute Gasteiger partial charge is 0.497 e. The summed E-state index contributed by atoms with van der Waals surface area (Å²) in [7, 11) is 1.56. The van der Waals surface area contributed by atoms with Crippen molar-refractivity contribution in [2.45, 2.75) is 37.5 Å². The normalized spacial score (nSPS) is 20.8. The van der Waals surface area contributed by atoms with E-state index >= 15 is 0 Å². The van der Waals surface area contributed by atoms with E-state index in [1.807, 2.05) is 30.3 Å². The van der Waals surface area contributed by atoms with E-state index in [-0.39, 0.29) is 31.1 Å². The predicted octanol–water partition coefficient (Wildman–Crippen LogP) is 2.75. The summed E-state index contributed by atoms with van der Waals surface area (Å²) in [5, 5.41) is 18.1. The zero-order chi connectivity index (χ0) is 21.3. The summed E-state index contributed by atoms with van der Waals surface area (Å²) in [6.07, 6.45) is 0.492. The molecule has 160 valence electrons. The third kappa shape index (κ3) is 6.20. The average Bonchev–Trinajstić information content (AvgIpc) is 2.75. The van der Waals surface area contributed by atoms with Crippen molar-refractivity contribution in [3.05, 3.63) is 54.6 Å². The van der Waals surface area contributed by atoms with E-state index in [4.69, 9.17) is 9.47 Å². The smallest absolute Gasteiger partial charge is 0.319 e. The molecule has 3 amide bonds. The number of amides is 3. The van der Waals surface area contributed by atoms with Crippen LogP contribution in [-0.2, 0) is 9.53 Å². The minimum atomic E-state index is -0.579. The first-order valence-corrected chi connectivity index (χ1v) is 9.90. The van der Waals surface area contributed by atoms with Crippen molar-refractivity contribution in [3.63, 3.8) is 0 Å². The zero-order valence-electron chi connectivity index (χ0n) is 16.8. The number of hydrogen-bond acceptors (Lipinski definition) is 5. The van der Waals surface area contributed by atoms with Gasteiger partial charge < -0.3 is 30.5 Å². The number of nitrogens with one attached hydrogen (secondary N) is 3. The lowest BCUT2D eigenvalue weighted by atomic mass is 9.97. The van der Waals surface area contributed by atoms with Gasteiger partial charge in [-0.1, -0.05) is 24.3 Å². The van der Waals surface area contributed by atoms with Crippen molar-refractivity contribution in [1.82, 2.24) is 5.32 Å². The average molecular weight is 413 g/mol. The highest BCUT2D eigenvalue weighted by Gasteiger charge is 2.33. The quantitative estimate of drug-likeness (QED) is 0.558. The van der Waals surface area contributed by atoms with Crippen molar-refractivity contribution in [1.29, 1.82) is 0 Å². The molecule has 0 bridgehead atoms. The third-order valence-corrected chi connectivity index (χ3v) is 4.91. The Bertz CT molecular complexity index is 846. The molecule has 1 aliphatic heterocycles. The minimum Gasteiger partial charge on any atom is -0.497 e. The maximum absolute atomic E-state index is 12.3. The Morgan fingerprint density at radius 1 is 1.07 bits per heavy atom. The van der Waals surface area contributed by atoms with Crippen molar-refractivity contribution in [2.75, 3.05) is 24.4 Å². The lowest BCUT2D eigenvalue weighted by Crippen LogP contribution is -2.52. The van der Waals surface area contributed by atoms with Gasteiger partial charge in [0.05, 0.1) is 32.3 Å². The first-order chi connectivity index (χ1) is 14.6. The van der Waals surface area contributed by atoms with E-state index in [0.717, 1.165) is 5.69 Å². The number of ether oxygens (including phenoxy) is 2. The molecule has 1 heterocycles. The van der Waals surface area contributed by atoms with Gasteiger partial charge in [-0.05, 0) is 37.1 Å². The van der Waals surface area contributed by atoms with Crippen LogP contribution in [0, 0.1) is 0 Å². The van der Waals surface area contributed by atoms with Crippen molar-refractivity contribution in [3.8, 4) is 5.75 Å². The molecule has 0 unspecified atom stereocenters. The van der Waals surface area contributed by atoms with E-state index < -0.39 is 12.1 Å². The third-order valence-electron chi connectivity index (χ3n) is 4.91. The summed E-state index contributed by atoms with van der Waals surface area (Å²) in [6.45, 7) is -0.249. The van der Waals surface area contributed by atoms with Crippen molar-refractivity contribution >= 4 is 23.3 Å². The molecule has 2 aromatic carbocycles. The lowest BCUT2D eigenvalue weighted by molar-refractivity contribution is -0.126. The van der Waals surface area contributed by atoms with Crippen LogP contribution in [0.5, 0.6) is 5.75 Å². The molecular formula is C22H27N3O5. The summed E-state index contributed by atoms with van der Waals surface area (Å²) in [4.78, 5) is 24.6. The highest BCUT2D eigenvalue weighted by atomic mass is 16.5. The predicted molar refractivity (Wildman–Crippen MR) is 114 cm³/mol. The van der Waals surface area contributed by atoms with Gasteiger partial charge in [0.1, 0.15) is 11.9 Å². The standard InChI is InChI=1S/C22H27N3O5/c1-29-17-9-5-8-16(12-17)24-22(28)25-19-11-10-18(30-20(19)14-26)13-21(27)23-15-6-3-2-4-7-15/h2-9,12,18-20,26H,10-11,13-14H2,1H3,(H,23,27)(H2,24,25,28)/t18-,19+,20+/m1/s1. The molecule has 1 aliphatic rings. The van der Waals surface area contributed by atoms with Crippen molar-refractivity contribution in [2.24, 2.45) is 0 Å². The van der Waals surface area contributed by atoms with Crippen LogP contribution in [0.25, 0.3) is 0 Å². The summed E-state index contributed by atoms with van der Waals surface area (Å²) in [5.74, 6) is 0.490. The Morgan fingerprint density at radius 2 is 1.83 bits per heavy atom. The van der Waals surface area contributed by atoms with E-state index in [0.29, 0.717) is 24.3 Å². The van der Waals surface area contributed by atoms with E-state index in [1.54, 1.807) is 31.4 Å². The van der Waals surface area contributed by atoms with Crippen LogP contribution < -0.4 is 20.7 Å². The molecule has 2 aromatic rings. The van der Waals surface area contributed by atoms with Gasteiger partial charge in [-0.2, -0.15) is 0 Å². The van der Waals surface area contributed by atoms with Gasteiger partial charge >= 0.3 is 6.03 Å². The Balaban J connectivity index is 1.48. The maximum atomic E-state index is 12.3. The van der Waals surface area contributed by atoms with Crippen LogP contribution in [0.15, 0.2) is 54.6 Å². The van der Waals surface area contributed by atoms with E-state index in [2.05, 4.69) is 16.0 Å².